The predicted octanol–water partition coefficient (Wildman–Crippen LogP) is 2.54. The number of aliphatic hydroxyl groups is 1. The smallest absolute Gasteiger partial charge is 0.408 e. The van der Waals surface area contributed by atoms with Crippen LogP contribution in [0.2, 0.25) is 0 Å². The SMILES string of the molecule is CC(C)(C)OC(=O)N[C@H](CC(=O)N[C@H](CO)C(C)(C)C)C(=O)OCc1ccccc1. The van der Waals surface area contributed by atoms with Gasteiger partial charge in [0.1, 0.15) is 18.2 Å². The first-order chi connectivity index (χ1) is 13.8. The first-order valence-electron chi connectivity index (χ1n) is 9.92. The van der Waals surface area contributed by atoms with Crippen LogP contribution >= 0.6 is 0 Å². The number of benzene rings is 1. The van der Waals surface area contributed by atoms with Gasteiger partial charge in [0, 0.05) is 0 Å². The van der Waals surface area contributed by atoms with Crippen LogP contribution in [0, 0.1) is 5.41 Å². The summed E-state index contributed by atoms with van der Waals surface area (Å²) in [4.78, 5) is 37.2. The van der Waals surface area contributed by atoms with E-state index in [1.165, 1.54) is 0 Å². The normalized spacial score (nSPS) is 13.7. The summed E-state index contributed by atoms with van der Waals surface area (Å²) < 4.78 is 10.5. The van der Waals surface area contributed by atoms with Crippen LogP contribution in [-0.4, -0.2) is 47.4 Å². The molecule has 2 atom stereocenters. The molecular formula is C22H34N2O6. The number of hydrogen-bond donors (Lipinski definition) is 3. The van der Waals surface area contributed by atoms with Gasteiger partial charge in [0.15, 0.2) is 0 Å². The molecule has 0 saturated heterocycles. The third-order valence-corrected chi connectivity index (χ3v) is 4.15. The van der Waals surface area contributed by atoms with Crippen molar-refractivity contribution in [3.8, 4) is 0 Å². The molecule has 0 heterocycles. The van der Waals surface area contributed by atoms with Gasteiger partial charge in [0.05, 0.1) is 19.1 Å². The maximum atomic E-state index is 12.6. The van der Waals surface area contributed by atoms with Crippen molar-refractivity contribution in [2.24, 2.45) is 5.41 Å². The van der Waals surface area contributed by atoms with Crippen molar-refractivity contribution in [2.45, 2.75) is 72.3 Å². The van der Waals surface area contributed by atoms with Crippen LogP contribution in [-0.2, 0) is 25.7 Å². The summed E-state index contributed by atoms with van der Waals surface area (Å²) in [5.74, 6) is -1.25. The molecule has 2 amide bonds. The zero-order valence-corrected chi connectivity index (χ0v) is 18.7. The van der Waals surface area contributed by atoms with E-state index in [-0.39, 0.29) is 25.0 Å². The Balaban J connectivity index is 2.84. The van der Waals surface area contributed by atoms with Crippen LogP contribution in [0.3, 0.4) is 0 Å². The van der Waals surface area contributed by atoms with Crippen LogP contribution in [0.1, 0.15) is 53.5 Å². The molecule has 8 nitrogen and oxygen atoms in total. The quantitative estimate of drug-likeness (QED) is 0.555. The highest BCUT2D eigenvalue weighted by Crippen LogP contribution is 2.19. The Bertz CT molecular complexity index is 707. The van der Waals surface area contributed by atoms with E-state index in [0.29, 0.717) is 0 Å². The Morgan fingerprint density at radius 2 is 1.60 bits per heavy atom. The topological polar surface area (TPSA) is 114 Å². The molecule has 0 bridgehead atoms. The van der Waals surface area contributed by atoms with Crippen LogP contribution in [0.4, 0.5) is 4.79 Å². The van der Waals surface area contributed by atoms with E-state index in [2.05, 4.69) is 10.6 Å². The maximum Gasteiger partial charge on any atom is 0.408 e. The van der Waals surface area contributed by atoms with Gasteiger partial charge in [-0.1, -0.05) is 51.1 Å². The summed E-state index contributed by atoms with van der Waals surface area (Å²) in [5, 5.41) is 14.7. The van der Waals surface area contributed by atoms with Gasteiger partial charge in [0.25, 0.3) is 0 Å². The third-order valence-electron chi connectivity index (χ3n) is 4.15. The van der Waals surface area contributed by atoms with E-state index < -0.39 is 35.7 Å². The Morgan fingerprint density at radius 3 is 2.10 bits per heavy atom. The van der Waals surface area contributed by atoms with Crippen molar-refractivity contribution >= 4 is 18.0 Å². The lowest BCUT2D eigenvalue weighted by molar-refractivity contribution is -0.149. The molecule has 0 aromatic heterocycles. The number of hydrogen-bond acceptors (Lipinski definition) is 6. The van der Waals surface area contributed by atoms with Gasteiger partial charge in [-0.05, 0) is 31.7 Å². The molecule has 0 radical (unpaired) electrons. The average Bonchev–Trinajstić information content (AvgIpc) is 2.62. The van der Waals surface area contributed by atoms with Gasteiger partial charge < -0.3 is 25.2 Å². The molecule has 0 aliphatic carbocycles. The number of ether oxygens (including phenoxy) is 2. The molecule has 1 rings (SSSR count). The highest BCUT2D eigenvalue weighted by atomic mass is 16.6. The van der Waals surface area contributed by atoms with E-state index in [9.17, 15) is 19.5 Å². The number of alkyl carbamates (subject to hydrolysis) is 1. The third kappa shape index (κ3) is 9.73. The fourth-order valence-corrected chi connectivity index (χ4v) is 2.45. The Kier molecular flexibility index (Phi) is 9.29. The lowest BCUT2D eigenvalue weighted by Crippen LogP contribution is -2.50. The first-order valence-corrected chi connectivity index (χ1v) is 9.92. The number of carbonyl (C=O) groups is 3. The molecule has 1 aromatic rings. The van der Waals surface area contributed by atoms with Crippen molar-refractivity contribution in [2.75, 3.05) is 6.61 Å². The van der Waals surface area contributed by atoms with Gasteiger partial charge in [-0.2, -0.15) is 0 Å². The fourth-order valence-electron chi connectivity index (χ4n) is 2.45. The lowest BCUT2D eigenvalue weighted by Gasteiger charge is -2.30. The molecule has 1 aromatic carbocycles. The zero-order chi connectivity index (χ0) is 22.9. The molecule has 0 fully saturated rings. The average molecular weight is 423 g/mol. The van der Waals surface area contributed by atoms with Crippen LogP contribution in [0.15, 0.2) is 30.3 Å². The van der Waals surface area contributed by atoms with Crippen molar-refractivity contribution in [1.82, 2.24) is 10.6 Å². The summed E-state index contributed by atoms with van der Waals surface area (Å²) in [6, 6.07) is 7.32. The maximum absolute atomic E-state index is 12.6. The van der Waals surface area contributed by atoms with Gasteiger partial charge in [0.2, 0.25) is 5.91 Å². The van der Waals surface area contributed by atoms with Crippen LogP contribution in [0.5, 0.6) is 0 Å². The Hall–Kier alpha value is -2.61. The fraction of sp³-hybridized carbons (Fsp3) is 0.591. The number of carbonyl (C=O) groups excluding carboxylic acids is 3. The molecule has 0 aliphatic rings. The number of aliphatic hydroxyl groups excluding tert-OH is 1. The molecule has 0 unspecified atom stereocenters. The standard InChI is InChI=1S/C22H34N2O6/c1-21(2,3)17(13-25)24-18(26)12-16(23-20(28)30-22(4,5)6)19(27)29-14-15-10-8-7-9-11-15/h7-11,16-17,25H,12-14H2,1-6H3,(H,23,28)(H,24,26)/t16-,17-/m1/s1. The molecular weight excluding hydrogens is 388 g/mol. The number of nitrogens with one attached hydrogen (secondary N) is 2. The number of esters is 1. The summed E-state index contributed by atoms with van der Waals surface area (Å²) in [6.07, 6.45) is -1.18. The molecule has 8 heteroatoms. The first kappa shape index (κ1) is 25.4. The minimum Gasteiger partial charge on any atom is -0.459 e. The number of rotatable bonds is 8. The second-order valence-electron chi connectivity index (χ2n) is 9.16. The summed E-state index contributed by atoms with van der Waals surface area (Å²) in [6.45, 7) is 10.5. The van der Waals surface area contributed by atoms with Crippen molar-refractivity contribution in [3.05, 3.63) is 35.9 Å². The van der Waals surface area contributed by atoms with E-state index in [1.807, 2.05) is 39.0 Å². The van der Waals surface area contributed by atoms with Crippen LogP contribution < -0.4 is 10.6 Å². The second kappa shape index (κ2) is 11.0. The van der Waals surface area contributed by atoms with E-state index in [4.69, 9.17) is 9.47 Å². The summed E-state index contributed by atoms with van der Waals surface area (Å²) in [5.41, 5.74) is -0.370. The minimum atomic E-state index is -1.23. The lowest BCUT2D eigenvalue weighted by atomic mass is 9.87. The molecule has 168 valence electrons. The van der Waals surface area contributed by atoms with Crippen molar-refractivity contribution in [1.29, 1.82) is 0 Å². The number of amides is 2. The minimum absolute atomic E-state index is 0.00898. The Labute approximate surface area is 178 Å². The molecule has 3 N–H and O–H groups in total. The van der Waals surface area contributed by atoms with E-state index >= 15 is 0 Å². The summed E-state index contributed by atoms with van der Waals surface area (Å²) >= 11 is 0. The molecule has 0 spiro atoms. The van der Waals surface area contributed by atoms with Crippen LogP contribution in [0.25, 0.3) is 0 Å². The molecule has 0 saturated carbocycles. The van der Waals surface area contributed by atoms with Gasteiger partial charge in [-0.15, -0.1) is 0 Å². The highest BCUT2D eigenvalue weighted by molar-refractivity contribution is 5.88. The molecule has 30 heavy (non-hydrogen) atoms. The second-order valence-corrected chi connectivity index (χ2v) is 9.16. The van der Waals surface area contributed by atoms with Crippen molar-refractivity contribution < 1.29 is 29.0 Å². The van der Waals surface area contributed by atoms with E-state index in [1.54, 1.807) is 32.9 Å². The Morgan fingerprint density at radius 1 is 1.00 bits per heavy atom. The summed E-state index contributed by atoms with van der Waals surface area (Å²) in [7, 11) is 0. The predicted molar refractivity (Wildman–Crippen MR) is 112 cm³/mol. The van der Waals surface area contributed by atoms with E-state index in [0.717, 1.165) is 5.56 Å². The molecule has 0 aliphatic heterocycles. The highest BCUT2D eigenvalue weighted by Gasteiger charge is 2.31. The van der Waals surface area contributed by atoms with Crippen molar-refractivity contribution in [3.63, 3.8) is 0 Å². The monoisotopic (exact) mass is 422 g/mol. The van der Waals surface area contributed by atoms with Gasteiger partial charge in [-0.25, -0.2) is 9.59 Å². The zero-order valence-electron chi connectivity index (χ0n) is 18.7. The largest absolute Gasteiger partial charge is 0.459 e. The van der Waals surface area contributed by atoms with Gasteiger partial charge in [-0.3, -0.25) is 4.79 Å². The van der Waals surface area contributed by atoms with Gasteiger partial charge >= 0.3 is 12.1 Å².